The van der Waals surface area contributed by atoms with Gasteiger partial charge in [-0.1, -0.05) is 6.42 Å². The molecule has 0 aromatic heterocycles. The van der Waals surface area contributed by atoms with Gasteiger partial charge in [0.25, 0.3) is 0 Å². The van der Waals surface area contributed by atoms with Gasteiger partial charge in [0.2, 0.25) is 0 Å². The zero-order chi connectivity index (χ0) is 9.90. The van der Waals surface area contributed by atoms with Crippen LogP contribution in [0.15, 0.2) is 0 Å². The first-order valence-electron chi connectivity index (χ1n) is 4.51. The minimum absolute atomic E-state index is 0.000347. The van der Waals surface area contributed by atoms with Gasteiger partial charge < -0.3 is 5.32 Å². The van der Waals surface area contributed by atoms with Crippen molar-refractivity contribution in [1.29, 1.82) is 0 Å². The lowest BCUT2D eigenvalue weighted by molar-refractivity contribution is -0.238. The number of hydrogen-bond acceptors (Lipinski definition) is 2. The molecule has 0 unspecified atom stereocenters. The van der Waals surface area contributed by atoms with E-state index in [1.807, 2.05) is 0 Å². The Kier molecular flexibility index (Phi) is 3.55. The second kappa shape index (κ2) is 4.28. The molecule has 2 nitrogen and oxygen atoms in total. The number of likely N-dealkylation sites (N-methyl/N-ethyl adjacent to an activating group) is 1. The molecule has 0 aliphatic carbocycles. The second-order valence-corrected chi connectivity index (χ2v) is 3.50. The van der Waals surface area contributed by atoms with E-state index >= 15 is 0 Å². The van der Waals surface area contributed by atoms with Crippen LogP contribution in [-0.4, -0.2) is 37.4 Å². The van der Waals surface area contributed by atoms with Gasteiger partial charge in [0.1, 0.15) is 0 Å². The van der Waals surface area contributed by atoms with Gasteiger partial charge in [-0.2, -0.15) is 13.2 Å². The van der Waals surface area contributed by atoms with Crippen LogP contribution in [0.2, 0.25) is 0 Å². The molecule has 1 rings (SSSR count). The van der Waals surface area contributed by atoms with Crippen LogP contribution in [0.1, 0.15) is 19.3 Å². The fourth-order valence-electron chi connectivity index (χ4n) is 1.51. The summed E-state index contributed by atoms with van der Waals surface area (Å²) in [7, 11) is 1.09. The fraction of sp³-hybridized carbons (Fsp3) is 1.00. The number of nitrogens with one attached hydrogen (secondary N) is 1. The van der Waals surface area contributed by atoms with Crippen LogP contribution in [-0.2, 0) is 0 Å². The Balaban J connectivity index is 2.30. The summed E-state index contributed by atoms with van der Waals surface area (Å²) in [6.07, 6.45) is -1.24. The summed E-state index contributed by atoms with van der Waals surface area (Å²) >= 11 is 0. The molecule has 78 valence electrons. The first-order valence-corrected chi connectivity index (χ1v) is 4.51. The van der Waals surface area contributed by atoms with E-state index in [0.717, 1.165) is 32.9 Å². The number of piperidine rings is 1. The monoisotopic (exact) mass is 196 g/mol. The Morgan fingerprint density at radius 3 is 2.54 bits per heavy atom. The number of halogens is 3. The van der Waals surface area contributed by atoms with E-state index in [-0.39, 0.29) is 12.6 Å². The topological polar surface area (TPSA) is 15.3 Å². The summed E-state index contributed by atoms with van der Waals surface area (Å²) in [4.78, 5) is 0.440. The summed E-state index contributed by atoms with van der Waals surface area (Å²) in [5, 5.41) is 3.08. The van der Waals surface area contributed by atoms with E-state index in [2.05, 4.69) is 5.32 Å². The zero-order valence-electron chi connectivity index (χ0n) is 7.69. The minimum Gasteiger partial charge on any atom is -0.313 e. The van der Waals surface area contributed by atoms with Crippen LogP contribution < -0.4 is 5.32 Å². The molecule has 1 atom stereocenters. The molecule has 1 saturated heterocycles. The smallest absolute Gasteiger partial charge is 0.313 e. The van der Waals surface area contributed by atoms with Gasteiger partial charge in [0.15, 0.2) is 0 Å². The van der Waals surface area contributed by atoms with Crippen molar-refractivity contribution in [3.63, 3.8) is 0 Å². The molecule has 0 aromatic rings. The third kappa shape index (κ3) is 3.52. The minimum atomic E-state index is -4.20. The van der Waals surface area contributed by atoms with Crippen molar-refractivity contribution in [3.05, 3.63) is 0 Å². The molecule has 1 fully saturated rings. The summed E-state index contributed by atoms with van der Waals surface area (Å²) in [5.74, 6) is 0. The van der Waals surface area contributed by atoms with Crippen LogP contribution in [0.5, 0.6) is 0 Å². The fourth-order valence-corrected chi connectivity index (χ4v) is 1.51. The Morgan fingerprint density at radius 1 is 1.38 bits per heavy atom. The summed E-state index contributed by atoms with van der Waals surface area (Å²) in [6.45, 7) is 0.903. The van der Waals surface area contributed by atoms with Gasteiger partial charge >= 0.3 is 6.30 Å². The molecule has 0 radical (unpaired) electrons. The highest BCUT2D eigenvalue weighted by Crippen LogP contribution is 2.20. The number of alkyl halides is 3. The van der Waals surface area contributed by atoms with E-state index in [0.29, 0.717) is 4.90 Å². The Hall–Kier alpha value is -0.290. The van der Waals surface area contributed by atoms with Crippen LogP contribution in [0, 0.1) is 0 Å². The van der Waals surface area contributed by atoms with Crippen molar-refractivity contribution in [2.45, 2.75) is 31.6 Å². The molecule has 1 N–H and O–H groups in total. The normalized spacial score (nSPS) is 25.2. The first-order chi connectivity index (χ1) is 6.00. The maximum atomic E-state index is 12.1. The third-order valence-corrected chi connectivity index (χ3v) is 2.34. The van der Waals surface area contributed by atoms with Gasteiger partial charge in [-0.25, -0.2) is 4.90 Å². The van der Waals surface area contributed by atoms with Gasteiger partial charge in [-0.05, 0) is 26.4 Å². The summed E-state index contributed by atoms with van der Waals surface area (Å²) in [6, 6.07) is 0.000347. The van der Waals surface area contributed by atoms with Crippen molar-refractivity contribution in [2.75, 3.05) is 20.1 Å². The number of nitrogens with zero attached hydrogens (tertiary/aromatic N) is 1. The predicted octanol–water partition coefficient (Wildman–Crippen LogP) is 1.58. The van der Waals surface area contributed by atoms with Crippen LogP contribution >= 0.6 is 0 Å². The molecule has 1 heterocycles. The van der Waals surface area contributed by atoms with Gasteiger partial charge in [-0.15, -0.1) is 0 Å². The average molecular weight is 196 g/mol. The molecule has 13 heavy (non-hydrogen) atoms. The highest BCUT2D eigenvalue weighted by molar-refractivity contribution is 4.75. The van der Waals surface area contributed by atoms with Crippen LogP contribution in [0.4, 0.5) is 13.2 Å². The Bertz CT molecular complexity index is 152. The summed E-state index contributed by atoms with van der Waals surface area (Å²) in [5.41, 5.74) is 0. The Morgan fingerprint density at radius 2 is 2.08 bits per heavy atom. The molecule has 0 spiro atoms. The average Bonchev–Trinajstić information content (AvgIpc) is 2.04. The molecule has 0 saturated carbocycles. The maximum absolute atomic E-state index is 12.1. The van der Waals surface area contributed by atoms with Crippen molar-refractivity contribution in [1.82, 2.24) is 10.2 Å². The maximum Gasteiger partial charge on any atom is 0.459 e. The number of rotatable bonds is 2. The molecule has 0 bridgehead atoms. The van der Waals surface area contributed by atoms with E-state index in [4.69, 9.17) is 0 Å². The third-order valence-electron chi connectivity index (χ3n) is 2.34. The summed E-state index contributed by atoms with van der Waals surface area (Å²) < 4.78 is 36.3. The lowest BCUT2D eigenvalue weighted by atomic mass is 10.1. The van der Waals surface area contributed by atoms with Crippen molar-refractivity contribution in [3.8, 4) is 0 Å². The predicted molar refractivity (Wildman–Crippen MR) is 44.3 cm³/mol. The highest BCUT2D eigenvalue weighted by Gasteiger charge is 2.35. The molecule has 0 aromatic carbocycles. The van der Waals surface area contributed by atoms with E-state index < -0.39 is 6.30 Å². The number of hydrogen-bond donors (Lipinski definition) is 1. The Labute approximate surface area is 76.1 Å². The molecule has 1 aliphatic rings. The van der Waals surface area contributed by atoms with E-state index in [9.17, 15) is 13.2 Å². The zero-order valence-corrected chi connectivity index (χ0v) is 7.69. The quantitative estimate of drug-likeness (QED) is 0.674. The largest absolute Gasteiger partial charge is 0.459 e. The van der Waals surface area contributed by atoms with E-state index in [1.165, 1.54) is 0 Å². The standard InChI is InChI=1S/C8H15F3N2/c1-13(8(9,10)11)6-7-4-2-3-5-12-7/h7,12H,2-6H2,1H3/t7-/m0/s1. The van der Waals surface area contributed by atoms with Crippen molar-refractivity contribution < 1.29 is 13.2 Å². The molecule has 0 amide bonds. The van der Waals surface area contributed by atoms with Gasteiger partial charge in [-0.3, -0.25) is 0 Å². The molecular weight excluding hydrogens is 181 g/mol. The van der Waals surface area contributed by atoms with Crippen molar-refractivity contribution in [2.24, 2.45) is 0 Å². The SMILES string of the molecule is CN(C[C@@H]1CCCCN1)C(F)(F)F. The van der Waals surface area contributed by atoms with Gasteiger partial charge in [0.05, 0.1) is 0 Å². The lowest BCUT2D eigenvalue weighted by Crippen LogP contribution is -2.46. The highest BCUT2D eigenvalue weighted by atomic mass is 19.4. The van der Waals surface area contributed by atoms with Crippen molar-refractivity contribution >= 4 is 0 Å². The molecular formula is C8H15F3N2. The lowest BCUT2D eigenvalue weighted by Gasteiger charge is -2.29. The second-order valence-electron chi connectivity index (χ2n) is 3.50. The van der Waals surface area contributed by atoms with Crippen LogP contribution in [0.25, 0.3) is 0 Å². The first kappa shape index (κ1) is 10.8. The molecule has 1 aliphatic heterocycles. The molecule has 5 heteroatoms. The van der Waals surface area contributed by atoms with E-state index in [1.54, 1.807) is 0 Å². The van der Waals surface area contributed by atoms with Crippen LogP contribution in [0.3, 0.4) is 0 Å². The van der Waals surface area contributed by atoms with Gasteiger partial charge in [0, 0.05) is 12.6 Å².